The van der Waals surface area contributed by atoms with Crippen molar-refractivity contribution < 1.29 is 9.53 Å². The first-order valence-corrected chi connectivity index (χ1v) is 8.38. The maximum absolute atomic E-state index is 11.7. The second-order valence-corrected chi connectivity index (χ2v) is 6.37. The van der Waals surface area contributed by atoms with Crippen LogP contribution in [0.1, 0.15) is 44.0 Å². The van der Waals surface area contributed by atoms with E-state index in [-0.39, 0.29) is 5.97 Å². The van der Waals surface area contributed by atoms with Gasteiger partial charge in [-0.3, -0.25) is 14.4 Å². The number of carbonyl (C=O) groups excluding carboxylic acids is 1. The van der Waals surface area contributed by atoms with Gasteiger partial charge in [-0.05, 0) is 42.6 Å². The third-order valence-electron chi connectivity index (χ3n) is 4.21. The Labute approximate surface area is 134 Å². The highest BCUT2D eigenvalue weighted by molar-refractivity contribution is 9.10. The van der Waals surface area contributed by atoms with Gasteiger partial charge in [-0.15, -0.1) is 0 Å². The van der Waals surface area contributed by atoms with Gasteiger partial charge in [0.15, 0.2) is 0 Å². The molecule has 0 N–H and O–H groups in total. The minimum atomic E-state index is -0.169. The van der Waals surface area contributed by atoms with Crippen LogP contribution in [0.2, 0.25) is 0 Å². The van der Waals surface area contributed by atoms with Crippen molar-refractivity contribution in [2.45, 2.75) is 58.7 Å². The Morgan fingerprint density at radius 3 is 2.71 bits per heavy atom. The average molecular weight is 358 g/mol. The van der Waals surface area contributed by atoms with Gasteiger partial charge in [-0.25, -0.2) is 0 Å². The van der Waals surface area contributed by atoms with E-state index in [2.05, 4.69) is 32.9 Å². The molecule has 21 heavy (non-hydrogen) atoms. The number of aryl methyl sites for hydroxylation is 2. The lowest BCUT2D eigenvalue weighted by Crippen LogP contribution is -2.38. The van der Waals surface area contributed by atoms with Crippen LogP contribution >= 0.6 is 15.9 Å². The fourth-order valence-corrected chi connectivity index (χ4v) is 3.44. The van der Waals surface area contributed by atoms with Crippen LogP contribution in [0.4, 0.5) is 0 Å². The number of esters is 1. The van der Waals surface area contributed by atoms with Crippen LogP contribution in [0.15, 0.2) is 4.47 Å². The van der Waals surface area contributed by atoms with Crippen molar-refractivity contribution in [3.8, 4) is 0 Å². The van der Waals surface area contributed by atoms with E-state index in [9.17, 15) is 4.79 Å². The molecule has 1 fully saturated rings. The molecule has 0 spiro atoms. The molecule has 1 aliphatic carbocycles. The zero-order valence-corrected chi connectivity index (χ0v) is 14.6. The van der Waals surface area contributed by atoms with E-state index in [1.54, 1.807) is 0 Å². The minimum absolute atomic E-state index is 0.169. The van der Waals surface area contributed by atoms with Crippen molar-refractivity contribution in [2.75, 3.05) is 13.7 Å². The van der Waals surface area contributed by atoms with Gasteiger partial charge in [-0.1, -0.05) is 12.8 Å². The highest BCUT2D eigenvalue weighted by Crippen LogP contribution is 2.28. The van der Waals surface area contributed by atoms with Crippen LogP contribution in [0.5, 0.6) is 0 Å². The van der Waals surface area contributed by atoms with Crippen LogP contribution in [-0.2, 0) is 22.6 Å². The maximum Gasteiger partial charge on any atom is 0.319 e. The lowest BCUT2D eigenvalue weighted by atomic mass is 10.2. The molecular weight excluding hydrogens is 334 g/mol. The number of nitrogens with zero attached hydrogens (tertiary/aromatic N) is 3. The first-order chi connectivity index (χ1) is 10.1. The summed E-state index contributed by atoms with van der Waals surface area (Å²) in [6.07, 6.45) is 4.81. The molecule has 0 unspecified atom stereocenters. The Bertz CT molecular complexity index is 495. The van der Waals surface area contributed by atoms with Gasteiger partial charge in [0.1, 0.15) is 0 Å². The molecule has 0 atom stereocenters. The van der Waals surface area contributed by atoms with Crippen molar-refractivity contribution in [3.05, 3.63) is 15.9 Å². The number of hydrogen-bond donors (Lipinski definition) is 0. The Kier molecular flexibility index (Phi) is 5.81. The molecule has 0 aliphatic heterocycles. The number of ether oxygens (including phenoxy) is 1. The van der Waals surface area contributed by atoms with E-state index in [4.69, 9.17) is 4.74 Å². The molecule has 6 heteroatoms. The second-order valence-electron chi connectivity index (χ2n) is 5.58. The Hall–Kier alpha value is -0.880. The highest BCUT2D eigenvalue weighted by Gasteiger charge is 2.27. The van der Waals surface area contributed by atoms with Gasteiger partial charge in [0.25, 0.3) is 0 Å². The zero-order valence-electron chi connectivity index (χ0n) is 13.1. The minimum Gasteiger partial charge on any atom is -0.468 e. The molecule has 1 aromatic heterocycles. The summed E-state index contributed by atoms with van der Waals surface area (Å²) in [5.41, 5.74) is 2.14. The number of halogens is 1. The van der Waals surface area contributed by atoms with Gasteiger partial charge in [0.2, 0.25) is 0 Å². The zero-order chi connectivity index (χ0) is 15.4. The molecule has 0 amide bonds. The lowest BCUT2D eigenvalue weighted by molar-refractivity contribution is -0.142. The average Bonchev–Trinajstić information content (AvgIpc) is 3.09. The molecule has 1 aliphatic rings. The molecule has 1 saturated carbocycles. The molecule has 0 saturated heterocycles. The van der Waals surface area contributed by atoms with E-state index in [1.807, 2.05) is 11.6 Å². The smallest absolute Gasteiger partial charge is 0.319 e. The van der Waals surface area contributed by atoms with E-state index in [1.165, 1.54) is 20.0 Å². The normalized spacial score (nSPS) is 15.9. The van der Waals surface area contributed by atoms with Gasteiger partial charge in [0, 0.05) is 19.1 Å². The summed E-state index contributed by atoms with van der Waals surface area (Å²) in [7, 11) is 1.45. The van der Waals surface area contributed by atoms with E-state index in [0.29, 0.717) is 12.6 Å². The number of methoxy groups -OCH3 is 1. The lowest BCUT2D eigenvalue weighted by Gasteiger charge is -2.27. The van der Waals surface area contributed by atoms with Crippen molar-refractivity contribution in [3.63, 3.8) is 0 Å². The Morgan fingerprint density at radius 2 is 2.14 bits per heavy atom. The van der Waals surface area contributed by atoms with Crippen molar-refractivity contribution in [2.24, 2.45) is 0 Å². The molecule has 1 aromatic rings. The summed E-state index contributed by atoms with van der Waals surface area (Å²) < 4.78 is 7.92. The summed E-state index contributed by atoms with van der Waals surface area (Å²) in [5, 5.41) is 4.53. The quantitative estimate of drug-likeness (QED) is 0.734. The largest absolute Gasteiger partial charge is 0.468 e. The van der Waals surface area contributed by atoms with Gasteiger partial charge >= 0.3 is 5.97 Å². The van der Waals surface area contributed by atoms with Crippen molar-refractivity contribution >= 4 is 21.9 Å². The van der Waals surface area contributed by atoms with E-state index < -0.39 is 0 Å². The summed E-state index contributed by atoms with van der Waals surface area (Å²) in [6, 6.07) is 0.469. The second kappa shape index (κ2) is 7.40. The van der Waals surface area contributed by atoms with Crippen LogP contribution in [0, 0.1) is 6.92 Å². The Balaban J connectivity index is 2.19. The molecule has 5 nitrogen and oxygen atoms in total. The van der Waals surface area contributed by atoms with Gasteiger partial charge in [-0.2, -0.15) is 5.10 Å². The highest BCUT2D eigenvalue weighted by atomic mass is 79.9. The predicted octanol–water partition coefficient (Wildman–Crippen LogP) is 2.89. The number of hydrogen-bond acceptors (Lipinski definition) is 4. The van der Waals surface area contributed by atoms with Crippen molar-refractivity contribution in [1.82, 2.24) is 14.7 Å². The summed E-state index contributed by atoms with van der Waals surface area (Å²) in [5.74, 6) is -0.169. The van der Waals surface area contributed by atoms with Crippen LogP contribution in [-0.4, -0.2) is 40.3 Å². The number of aromatic nitrogens is 2. The molecular formula is C15H24BrN3O2. The van der Waals surface area contributed by atoms with Crippen molar-refractivity contribution in [1.29, 1.82) is 0 Å². The topological polar surface area (TPSA) is 47.4 Å². The monoisotopic (exact) mass is 357 g/mol. The summed E-state index contributed by atoms with van der Waals surface area (Å²) >= 11 is 3.64. The molecule has 0 bridgehead atoms. The number of carbonyl (C=O) groups is 1. The van der Waals surface area contributed by atoms with E-state index >= 15 is 0 Å². The molecule has 0 aromatic carbocycles. The SMILES string of the molecule is CCn1nc(C)c(Br)c1CN(CC(=O)OC)C1CCCC1. The van der Waals surface area contributed by atoms with Crippen LogP contribution < -0.4 is 0 Å². The maximum atomic E-state index is 11.7. The summed E-state index contributed by atoms with van der Waals surface area (Å²) in [4.78, 5) is 14.0. The molecule has 118 valence electrons. The third kappa shape index (κ3) is 3.86. The van der Waals surface area contributed by atoms with Gasteiger partial charge in [0.05, 0.1) is 29.5 Å². The first kappa shape index (κ1) is 16.5. The summed E-state index contributed by atoms with van der Waals surface area (Å²) in [6.45, 7) is 6.00. The Morgan fingerprint density at radius 1 is 1.48 bits per heavy atom. The molecule has 2 rings (SSSR count). The fourth-order valence-electron chi connectivity index (χ4n) is 3.03. The standard InChI is InChI=1S/C15H24BrN3O2/c1-4-19-13(15(16)11(2)17-19)9-18(10-14(20)21-3)12-7-5-6-8-12/h12H,4-10H2,1-3H3. The molecule has 1 heterocycles. The first-order valence-electron chi connectivity index (χ1n) is 7.59. The third-order valence-corrected chi connectivity index (χ3v) is 5.24. The van der Waals surface area contributed by atoms with Crippen LogP contribution in [0.25, 0.3) is 0 Å². The fraction of sp³-hybridized carbons (Fsp3) is 0.733. The van der Waals surface area contributed by atoms with Gasteiger partial charge < -0.3 is 4.74 Å². The predicted molar refractivity (Wildman–Crippen MR) is 85.0 cm³/mol. The van der Waals surface area contributed by atoms with E-state index in [0.717, 1.165) is 41.8 Å². The van der Waals surface area contributed by atoms with Crippen LogP contribution in [0.3, 0.4) is 0 Å². The number of rotatable bonds is 6. The molecule has 0 radical (unpaired) electrons.